The lowest BCUT2D eigenvalue weighted by molar-refractivity contribution is 0.247. The van der Waals surface area contributed by atoms with Crippen LogP contribution in [0.25, 0.3) is 0 Å². The maximum absolute atomic E-state index is 12.6. The largest absolute Gasteiger partial charge is 0.495 e. The van der Waals surface area contributed by atoms with Crippen LogP contribution in [0.2, 0.25) is 5.02 Å². The van der Waals surface area contributed by atoms with Gasteiger partial charge in [-0.2, -0.15) is 4.31 Å². The first-order valence-corrected chi connectivity index (χ1v) is 8.29. The van der Waals surface area contributed by atoms with Crippen molar-refractivity contribution in [2.75, 3.05) is 13.7 Å². The summed E-state index contributed by atoms with van der Waals surface area (Å²) in [6.07, 6.45) is 1.34. The van der Waals surface area contributed by atoms with Gasteiger partial charge in [-0.1, -0.05) is 11.6 Å². The molecule has 1 aliphatic rings. The number of ether oxygens (including phenoxy) is 1. The molecule has 1 fully saturated rings. The number of nitrogens with zero attached hydrogens (tertiary/aromatic N) is 1. The van der Waals surface area contributed by atoms with E-state index in [4.69, 9.17) is 22.1 Å². The lowest BCUT2D eigenvalue weighted by Crippen LogP contribution is -2.48. The van der Waals surface area contributed by atoms with E-state index in [-0.39, 0.29) is 22.0 Å². The standard InChI is InChI=1S/C13H19ClN2O3S/c1-9-7-10(15)5-6-16(9)20(17,18)11-3-4-13(19-2)12(14)8-11/h3-4,8-10H,5-7,15H2,1-2H3/t9-,10-/m0/s1. The summed E-state index contributed by atoms with van der Waals surface area (Å²) < 4.78 is 31.8. The Balaban J connectivity index is 2.33. The Kier molecular flexibility index (Phi) is 4.59. The number of piperidine rings is 1. The maximum Gasteiger partial charge on any atom is 0.243 e. The van der Waals surface area contributed by atoms with Gasteiger partial charge in [-0.15, -0.1) is 0 Å². The summed E-state index contributed by atoms with van der Waals surface area (Å²) in [4.78, 5) is 0.186. The van der Waals surface area contributed by atoms with Gasteiger partial charge in [-0.25, -0.2) is 8.42 Å². The molecule has 0 saturated carbocycles. The molecule has 0 unspecified atom stereocenters. The van der Waals surface area contributed by atoms with Gasteiger partial charge in [0.1, 0.15) is 5.75 Å². The molecule has 112 valence electrons. The summed E-state index contributed by atoms with van der Waals surface area (Å²) >= 11 is 6.01. The molecule has 0 aliphatic carbocycles. The van der Waals surface area contributed by atoms with Crippen LogP contribution in [0.4, 0.5) is 0 Å². The number of hydrogen-bond acceptors (Lipinski definition) is 4. The van der Waals surface area contributed by atoms with Crippen molar-refractivity contribution in [2.24, 2.45) is 5.73 Å². The molecule has 5 nitrogen and oxygen atoms in total. The fraction of sp³-hybridized carbons (Fsp3) is 0.538. The molecule has 7 heteroatoms. The van der Waals surface area contributed by atoms with Gasteiger partial charge in [0.25, 0.3) is 0 Å². The third kappa shape index (κ3) is 2.93. The predicted octanol–water partition coefficient (Wildman–Crippen LogP) is 1.85. The van der Waals surface area contributed by atoms with Crippen LogP contribution in [0.1, 0.15) is 19.8 Å². The molecule has 0 spiro atoms. The number of halogens is 1. The molecule has 1 aromatic carbocycles. The summed E-state index contributed by atoms with van der Waals surface area (Å²) in [7, 11) is -2.05. The Hall–Kier alpha value is -0.820. The van der Waals surface area contributed by atoms with Crippen molar-refractivity contribution in [1.29, 1.82) is 0 Å². The molecular weight excluding hydrogens is 300 g/mol. The highest BCUT2D eigenvalue weighted by Crippen LogP contribution is 2.30. The smallest absolute Gasteiger partial charge is 0.243 e. The van der Waals surface area contributed by atoms with Crippen molar-refractivity contribution in [2.45, 2.75) is 36.7 Å². The molecule has 0 amide bonds. The molecule has 0 bridgehead atoms. The molecule has 2 rings (SSSR count). The average Bonchev–Trinajstić information content (AvgIpc) is 2.38. The minimum atomic E-state index is -3.54. The zero-order valence-corrected chi connectivity index (χ0v) is 13.1. The highest BCUT2D eigenvalue weighted by Gasteiger charge is 2.33. The van der Waals surface area contributed by atoms with Gasteiger partial charge >= 0.3 is 0 Å². The normalized spacial score (nSPS) is 24.6. The zero-order valence-electron chi connectivity index (χ0n) is 11.5. The van der Waals surface area contributed by atoms with Crippen molar-refractivity contribution < 1.29 is 13.2 Å². The van der Waals surface area contributed by atoms with E-state index in [2.05, 4.69) is 0 Å². The number of sulfonamides is 1. The SMILES string of the molecule is COc1ccc(S(=O)(=O)N2CC[C@H](N)C[C@@H]2C)cc1Cl. The molecule has 1 aromatic rings. The molecule has 1 heterocycles. The lowest BCUT2D eigenvalue weighted by Gasteiger charge is -2.35. The van der Waals surface area contributed by atoms with Gasteiger partial charge in [-0.3, -0.25) is 0 Å². The van der Waals surface area contributed by atoms with E-state index >= 15 is 0 Å². The van der Waals surface area contributed by atoms with E-state index in [1.807, 2.05) is 6.92 Å². The second kappa shape index (κ2) is 5.89. The van der Waals surface area contributed by atoms with Crippen LogP contribution in [0.5, 0.6) is 5.75 Å². The number of methoxy groups -OCH3 is 1. The molecule has 1 aliphatic heterocycles. The van der Waals surface area contributed by atoms with E-state index in [0.29, 0.717) is 25.1 Å². The van der Waals surface area contributed by atoms with Crippen LogP contribution in [0, 0.1) is 0 Å². The van der Waals surface area contributed by atoms with Crippen LogP contribution in [-0.4, -0.2) is 38.5 Å². The van der Waals surface area contributed by atoms with E-state index < -0.39 is 10.0 Å². The second-order valence-electron chi connectivity index (χ2n) is 5.05. The van der Waals surface area contributed by atoms with Crippen LogP contribution >= 0.6 is 11.6 Å². The number of benzene rings is 1. The van der Waals surface area contributed by atoms with Gasteiger partial charge in [0.05, 0.1) is 17.0 Å². The van der Waals surface area contributed by atoms with Crippen molar-refractivity contribution in [3.63, 3.8) is 0 Å². The van der Waals surface area contributed by atoms with Gasteiger partial charge in [0, 0.05) is 18.6 Å². The quantitative estimate of drug-likeness (QED) is 0.923. The van der Waals surface area contributed by atoms with Crippen LogP contribution in [0.15, 0.2) is 23.1 Å². The Labute approximate surface area is 124 Å². The van der Waals surface area contributed by atoms with Gasteiger partial charge in [0.15, 0.2) is 0 Å². The molecule has 0 aromatic heterocycles. The Bertz CT molecular complexity index is 591. The maximum atomic E-state index is 12.6. The van der Waals surface area contributed by atoms with Crippen molar-refractivity contribution in [3.05, 3.63) is 23.2 Å². The molecule has 1 saturated heterocycles. The fourth-order valence-corrected chi connectivity index (χ4v) is 4.49. The molecule has 20 heavy (non-hydrogen) atoms. The number of rotatable bonds is 3. The Morgan fingerprint density at radius 2 is 2.15 bits per heavy atom. The zero-order chi connectivity index (χ0) is 14.9. The summed E-state index contributed by atoms with van der Waals surface area (Å²) in [5.41, 5.74) is 5.87. The minimum absolute atomic E-state index is 0.0657. The topological polar surface area (TPSA) is 72.6 Å². The second-order valence-corrected chi connectivity index (χ2v) is 7.34. The first kappa shape index (κ1) is 15.6. The first-order valence-electron chi connectivity index (χ1n) is 6.47. The van der Waals surface area contributed by atoms with Crippen LogP contribution in [-0.2, 0) is 10.0 Å². The number of nitrogens with two attached hydrogens (primary N) is 1. The molecular formula is C13H19ClN2O3S. The monoisotopic (exact) mass is 318 g/mol. The minimum Gasteiger partial charge on any atom is -0.495 e. The third-order valence-corrected chi connectivity index (χ3v) is 5.89. The van der Waals surface area contributed by atoms with E-state index in [9.17, 15) is 8.42 Å². The highest BCUT2D eigenvalue weighted by atomic mass is 35.5. The first-order chi connectivity index (χ1) is 9.36. The third-order valence-electron chi connectivity index (χ3n) is 3.59. The van der Waals surface area contributed by atoms with Crippen LogP contribution < -0.4 is 10.5 Å². The van der Waals surface area contributed by atoms with E-state index in [0.717, 1.165) is 0 Å². The highest BCUT2D eigenvalue weighted by molar-refractivity contribution is 7.89. The summed E-state index contributed by atoms with van der Waals surface area (Å²) in [6, 6.07) is 4.47. The molecule has 2 N–H and O–H groups in total. The fourth-order valence-electron chi connectivity index (χ4n) is 2.49. The van der Waals surface area contributed by atoms with Crippen molar-refractivity contribution in [3.8, 4) is 5.75 Å². The average molecular weight is 319 g/mol. The lowest BCUT2D eigenvalue weighted by atomic mass is 10.0. The van der Waals surface area contributed by atoms with Gasteiger partial charge < -0.3 is 10.5 Å². The summed E-state index contributed by atoms with van der Waals surface area (Å²) in [6.45, 7) is 2.32. The van der Waals surface area contributed by atoms with Crippen molar-refractivity contribution in [1.82, 2.24) is 4.31 Å². The Morgan fingerprint density at radius 1 is 1.45 bits per heavy atom. The molecule has 2 atom stereocenters. The van der Waals surface area contributed by atoms with E-state index in [1.165, 1.54) is 23.5 Å². The Morgan fingerprint density at radius 3 is 2.70 bits per heavy atom. The molecule has 0 radical (unpaired) electrons. The van der Waals surface area contributed by atoms with Crippen molar-refractivity contribution >= 4 is 21.6 Å². The summed E-state index contributed by atoms with van der Waals surface area (Å²) in [5.74, 6) is 0.458. The van der Waals surface area contributed by atoms with E-state index in [1.54, 1.807) is 6.07 Å². The van der Waals surface area contributed by atoms with Crippen LogP contribution in [0.3, 0.4) is 0 Å². The predicted molar refractivity (Wildman–Crippen MR) is 78.6 cm³/mol. The number of hydrogen-bond donors (Lipinski definition) is 1. The van der Waals surface area contributed by atoms with Gasteiger partial charge in [-0.05, 0) is 38.0 Å². The summed E-state index contributed by atoms with van der Waals surface area (Å²) in [5, 5.41) is 0.287. The van der Waals surface area contributed by atoms with Gasteiger partial charge in [0.2, 0.25) is 10.0 Å².